The van der Waals surface area contributed by atoms with Gasteiger partial charge in [0.2, 0.25) is 5.91 Å². The topological polar surface area (TPSA) is 32.3 Å². The van der Waals surface area contributed by atoms with E-state index in [1.54, 1.807) is 0 Å². The van der Waals surface area contributed by atoms with Crippen LogP contribution in [0.25, 0.3) is 0 Å². The van der Waals surface area contributed by atoms with Crippen LogP contribution in [0.4, 0.5) is 5.69 Å². The highest BCUT2D eigenvalue weighted by atomic mass is 16.2. The molecule has 1 atom stereocenters. The standard InChI is InChI=1S/C16H22N2O/c1-12(2)10-18-8-7-16(11-18)9-13-5-3-4-6-14(13)17-15(16)19/h3-6,12H,7-11H2,1-2H3,(H,17,19)/t16-/m0/s1. The summed E-state index contributed by atoms with van der Waals surface area (Å²) >= 11 is 0. The Hall–Kier alpha value is -1.35. The highest BCUT2D eigenvalue weighted by molar-refractivity contribution is 5.98. The summed E-state index contributed by atoms with van der Waals surface area (Å²) in [4.78, 5) is 14.9. The van der Waals surface area contributed by atoms with Crippen molar-refractivity contribution in [3.05, 3.63) is 29.8 Å². The number of likely N-dealkylation sites (tertiary alicyclic amines) is 1. The summed E-state index contributed by atoms with van der Waals surface area (Å²) in [6.45, 7) is 7.53. The minimum Gasteiger partial charge on any atom is -0.325 e. The Bertz CT molecular complexity index is 497. The molecule has 0 radical (unpaired) electrons. The quantitative estimate of drug-likeness (QED) is 0.884. The van der Waals surface area contributed by atoms with Gasteiger partial charge in [0.05, 0.1) is 5.41 Å². The summed E-state index contributed by atoms with van der Waals surface area (Å²) in [5, 5.41) is 3.10. The third-order valence-corrected chi connectivity index (χ3v) is 4.33. The molecule has 1 N–H and O–H groups in total. The molecule has 1 saturated heterocycles. The Labute approximate surface area is 115 Å². The lowest BCUT2D eigenvalue weighted by Gasteiger charge is -2.34. The maximum atomic E-state index is 12.5. The monoisotopic (exact) mass is 258 g/mol. The molecule has 3 heteroatoms. The summed E-state index contributed by atoms with van der Waals surface area (Å²) in [5.41, 5.74) is 2.09. The molecule has 19 heavy (non-hydrogen) atoms. The first kappa shape index (κ1) is 12.7. The summed E-state index contributed by atoms with van der Waals surface area (Å²) < 4.78 is 0. The van der Waals surface area contributed by atoms with E-state index in [4.69, 9.17) is 0 Å². The van der Waals surface area contributed by atoms with Gasteiger partial charge in [0, 0.05) is 18.8 Å². The number of fused-ring (bicyclic) bond motifs is 1. The molecule has 1 amide bonds. The SMILES string of the molecule is CC(C)CN1CC[C@]2(Cc3ccccc3NC2=O)C1. The van der Waals surface area contributed by atoms with Gasteiger partial charge in [-0.25, -0.2) is 0 Å². The van der Waals surface area contributed by atoms with Crippen LogP contribution in [0.1, 0.15) is 25.8 Å². The maximum absolute atomic E-state index is 12.5. The van der Waals surface area contributed by atoms with E-state index in [9.17, 15) is 4.79 Å². The molecule has 1 spiro atoms. The molecule has 3 rings (SSSR count). The zero-order chi connectivity index (χ0) is 13.5. The fourth-order valence-corrected chi connectivity index (χ4v) is 3.46. The minimum atomic E-state index is -0.191. The van der Waals surface area contributed by atoms with Gasteiger partial charge in [0.15, 0.2) is 0 Å². The molecule has 0 saturated carbocycles. The average Bonchev–Trinajstić information content (AvgIpc) is 2.74. The normalized spacial score (nSPS) is 26.8. The Morgan fingerprint density at radius 1 is 1.37 bits per heavy atom. The van der Waals surface area contributed by atoms with Gasteiger partial charge in [-0.2, -0.15) is 0 Å². The highest BCUT2D eigenvalue weighted by Gasteiger charge is 2.46. The molecule has 1 aromatic rings. The van der Waals surface area contributed by atoms with Crippen LogP contribution in [0.3, 0.4) is 0 Å². The van der Waals surface area contributed by atoms with E-state index in [-0.39, 0.29) is 11.3 Å². The van der Waals surface area contributed by atoms with E-state index in [0.29, 0.717) is 5.92 Å². The lowest BCUT2D eigenvalue weighted by molar-refractivity contribution is -0.125. The molecular formula is C16H22N2O. The second-order valence-electron chi connectivity index (χ2n) is 6.45. The molecule has 2 aliphatic rings. The molecule has 0 aliphatic carbocycles. The van der Waals surface area contributed by atoms with Gasteiger partial charge in [0.1, 0.15) is 0 Å². The Morgan fingerprint density at radius 3 is 2.95 bits per heavy atom. The Balaban J connectivity index is 1.81. The van der Waals surface area contributed by atoms with E-state index in [1.807, 2.05) is 12.1 Å². The molecule has 1 aromatic carbocycles. The van der Waals surface area contributed by atoms with Gasteiger partial charge in [0.25, 0.3) is 0 Å². The van der Waals surface area contributed by atoms with Gasteiger partial charge in [-0.3, -0.25) is 4.79 Å². The highest BCUT2D eigenvalue weighted by Crippen LogP contribution is 2.40. The number of anilines is 1. The number of hydrogen-bond donors (Lipinski definition) is 1. The number of benzene rings is 1. The summed E-state index contributed by atoms with van der Waals surface area (Å²) in [5.74, 6) is 0.881. The van der Waals surface area contributed by atoms with Gasteiger partial charge in [-0.1, -0.05) is 32.0 Å². The zero-order valence-electron chi connectivity index (χ0n) is 11.8. The number of nitrogens with one attached hydrogen (secondary N) is 1. The number of amides is 1. The van der Waals surface area contributed by atoms with Crippen LogP contribution in [-0.2, 0) is 11.2 Å². The average molecular weight is 258 g/mol. The van der Waals surface area contributed by atoms with Crippen molar-refractivity contribution in [1.82, 2.24) is 4.90 Å². The van der Waals surface area contributed by atoms with E-state index < -0.39 is 0 Å². The second-order valence-corrected chi connectivity index (χ2v) is 6.45. The molecule has 0 bridgehead atoms. The van der Waals surface area contributed by atoms with E-state index in [2.05, 4.69) is 36.2 Å². The van der Waals surface area contributed by atoms with E-state index >= 15 is 0 Å². The van der Waals surface area contributed by atoms with Crippen LogP contribution >= 0.6 is 0 Å². The van der Waals surface area contributed by atoms with E-state index in [0.717, 1.165) is 38.2 Å². The van der Waals surface area contributed by atoms with Crippen LogP contribution < -0.4 is 5.32 Å². The zero-order valence-corrected chi connectivity index (χ0v) is 11.8. The largest absolute Gasteiger partial charge is 0.325 e. The third-order valence-electron chi connectivity index (χ3n) is 4.33. The summed E-state index contributed by atoms with van der Waals surface area (Å²) in [6, 6.07) is 8.18. The lowest BCUT2D eigenvalue weighted by Crippen LogP contribution is -2.44. The van der Waals surface area contributed by atoms with Gasteiger partial charge >= 0.3 is 0 Å². The number of carbonyl (C=O) groups excluding carboxylic acids is 1. The van der Waals surface area contributed by atoms with Crippen molar-refractivity contribution >= 4 is 11.6 Å². The molecular weight excluding hydrogens is 236 g/mol. The van der Waals surface area contributed by atoms with Crippen LogP contribution in [0.15, 0.2) is 24.3 Å². The first-order valence-electron chi connectivity index (χ1n) is 7.21. The molecule has 3 nitrogen and oxygen atoms in total. The molecule has 0 unspecified atom stereocenters. The minimum absolute atomic E-state index is 0.191. The fourth-order valence-electron chi connectivity index (χ4n) is 3.46. The molecule has 2 heterocycles. The fraction of sp³-hybridized carbons (Fsp3) is 0.562. The molecule has 0 aromatic heterocycles. The Morgan fingerprint density at radius 2 is 2.16 bits per heavy atom. The number of carbonyl (C=O) groups is 1. The van der Waals surface area contributed by atoms with E-state index in [1.165, 1.54) is 5.56 Å². The van der Waals surface area contributed by atoms with Crippen molar-refractivity contribution in [2.24, 2.45) is 11.3 Å². The summed E-state index contributed by atoms with van der Waals surface area (Å²) in [6.07, 6.45) is 1.88. The first-order valence-corrected chi connectivity index (χ1v) is 7.21. The van der Waals surface area contributed by atoms with Crippen molar-refractivity contribution in [3.63, 3.8) is 0 Å². The molecule has 1 fully saturated rings. The van der Waals surface area contributed by atoms with Crippen LogP contribution in [0, 0.1) is 11.3 Å². The Kier molecular flexibility index (Phi) is 3.09. The predicted octanol–water partition coefficient (Wildman–Crippen LogP) is 2.53. The number of para-hydroxylation sites is 1. The number of rotatable bonds is 2. The first-order chi connectivity index (χ1) is 9.09. The van der Waals surface area contributed by atoms with Crippen molar-refractivity contribution in [3.8, 4) is 0 Å². The number of nitrogens with zero attached hydrogens (tertiary/aromatic N) is 1. The summed E-state index contributed by atoms with van der Waals surface area (Å²) in [7, 11) is 0. The van der Waals surface area contributed by atoms with Crippen molar-refractivity contribution in [1.29, 1.82) is 0 Å². The predicted molar refractivity (Wildman–Crippen MR) is 77.1 cm³/mol. The van der Waals surface area contributed by atoms with Crippen molar-refractivity contribution < 1.29 is 4.79 Å². The third kappa shape index (κ3) is 2.27. The van der Waals surface area contributed by atoms with Crippen LogP contribution in [0.5, 0.6) is 0 Å². The molecule has 2 aliphatic heterocycles. The van der Waals surface area contributed by atoms with Crippen LogP contribution in [0.2, 0.25) is 0 Å². The van der Waals surface area contributed by atoms with Gasteiger partial charge < -0.3 is 10.2 Å². The smallest absolute Gasteiger partial charge is 0.232 e. The second kappa shape index (κ2) is 4.64. The van der Waals surface area contributed by atoms with Gasteiger partial charge in [-0.05, 0) is 36.9 Å². The van der Waals surface area contributed by atoms with Gasteiger partial charge in [-0.15, -0.1) is 0 Å². The van der Waals surface area contributed by atoms with Crippen LogP contribution in [-0.4, -0.2) is 30.4 Å². The number of hydrogen-bond acceptors (Lipinski definition) is 2. The van der Waals surface area contributed by atoms with Crippen molar-refractivity contribution in [2.75, 3.05) is 25.0 Å². The van der Waals surface area contributed by atoms with Crippen molar-refractivity contribution in [2.45, 2.75) is 26.7 Å². The molecule has 102 valence electrons. The lowest BCUT2D eigenvalue weighted by atomic mass is 9.77. The maximum Gasteiger partial charge on any atom is 0.232 e.